The lowest BCUT2D eigenvalue weighted by molar-refractivity contribution is -0.146. The number of carbonyl (C=O) groups excluding carboxylic acids is 1. The number of nitrogens with zero attached hydrogens (tertiary/aromatic N) is 1. The molecule has 0 aromatic heterocycles. The van der Waals surface area contributed by atoms with Gasteiger partial charge in [-0.3, -0.25) is 9.59 Å². The quantitative estimate of drug-likeness (QED) is 0.929. The van der Waals surface area contributed by atoms with Crippen LogP contribution >= 0.6 is 0 Å². The van der Waals surface area contributed by atoms with E-state index in [9.17, 15) is 18.4 Å². The zero-order chi connectivity index (χ0) is 15.6. The monoisotopic (exact) mass is 297 g/mol. The van der Waals surface area contributed by atoms with Gasteiger partial charge in [0.2, 0.25) is 5.91 Å². The summed E-state index contributed by atoms with van der Waals surface area (Å²) in [6.07, 6.45) is 0.342. The number of rotatable bonds is 3. The van der Waals surface area contributed by atoms with Crippen LogP contribution in [0.1, 0.15) is 18.9 Å². The molecule has 1 amide bonds. The molecule has 2 atom stereocenters. The second-order valence-electron chi connectivity index (χ2n) is 5.59. The van der Waals surface area contributed by atoms with Crippen LogP contribution in [-0.2, 0) is 16.0 Å². The smallest absolute Gasteiger partial charge is 0.308 e. The van der Waals surface area contributed by atoms with Crippen molar-refractivity contribution in [3.8, 4) is 0 Å². The first kappa shape index (κ1) is 15.4. The molecule has 0 saturated carbocycles. The molecule has 0 radical (unpaired) electrons. The maximum Gasteiger partial charge on any atom is 0.308 e. The van der Waals surface area contributed by atoms with Crippen LogP contribution in [-0.4, -0.2) is 35.0 Å². The standard InChI is InChI=1S/C15H17F2NO3/c1-9-4-11(15(20)21)8-18(7-9)14(19)5-10-2-3-12(16)6-13(10)17/h2-3,6,9,11H,4-5,7-8H2,1H3,(H,20,21). The molecule has 0 spiro atoms. The molecule has 1 aromatic carbocycles. The SMILES string of the molecule is CC1CC(C(=O)O)CN(C(=O)Cc2ccc(F)cc2F)C1. The summed E-state index contributed by atoms with van der Waals surface area (Å²) < 4.78 is 26.4. The van der Waals surface area contributed by atoms with Gasteiger partial charge in [0.1, 0.15) is 11.6 Å². The molecule has 1 aromatic rings. The van der Waals surface area contributed by atoms with Gasteiger partial charge in [-0.25, -0.2) is 8.78 Å². The Balaban J connectivity index is 2.07. The number of benzene rings is 1. The highest BCUT2D eigenvalue weighted by molar-refractivity contribution is 5.80. The van der Waals surface area contributed by atoms with E-state index in [1.807, 2.05) is 6.92 Å². The first-order chi connectivity index (χ1) is 9.86. The van der Waals surface area contributed by atoms with E-state index < -0.39 is 23.5 Å². The average Bonchev–Trinajstić information content (AvgIpc) is 2.41. The van der Waals surface area contributed by atoms with Gasteiger partial charge in [-0.2, -0.15) is 0 Å². The highest BCUT2D eigenvalue weighted by atomic mass is 19.1. The van der Waals surface area contributed by atoms with Crippen molar-refractivity contribution >= 4 is 11.9 Å². The number of carboxylic acid groups (broad SMARTS) is 1. The Morgan fingerprint density at radius 3 is 2.67 bits per heavy atom. The van der Waals surface area contributed by atoms with Crippen molar-refractivity contribution in [3.05, 3.63) is 35.4 Å². The number of carbonyl (C=O) groups is 2. The van der Waals surface area contributed by atoms with Gasteiger partial charge in [-0.1, -0.05) is 13.0 Å². The number of likely N-dealkylation sites (tertiary alicyclic amines) is 1. The van der Waals surface area contributed by atoms with E-state index in [1.54, 1.807) is 0 Å². The minimum atomic E-state index is -0.924. The number of carboxylic acids is 1. The van der Waals surface area contributed by atoms with E-state index in [1.165, 1.54) is 11.0 Å². The molecular weight excluding hydrogens is 280 g/mol. The first-order valence-corrected chi connectivity index (χ1v) is 6.81. The number of hydrogen-bond acceptors (Lipinski definition) is 2. The van der Waals surface area contributed by atoms with Crippen molar-refractivity contribution in [1.82, 2.24) is 4.90 Å². The normalized spacial score (nSPS) is 22.1. The molecule has 1 saturated heterocycles. The van der Waals surface area contributed by atoms with Gasteiger partial charge in [0, 0.05) is 19.2 Å². The topological polar surface area (TPSA) is 57.6 Å². The van der Waals surface area contributed by atoms with Crippen molar-refractivity contribution in [2.24, 2.45) is 11.8 Å². The fourth-order valence-corrected chi connectivity index (χ4v) is 2.67. The molecule has 2 rings (SSSR count). The van der Waals surface area contributed by atoms with Crippen molar-refractivity contribution in [2.45, 2.75) is 19.8 Å². The Bertz CT molecular complexity index is 562. The summed E-state index contributed by atoms with van der Waals surface area (Å²) in [5.74, 6) is -3.22. The number of aliphatic carboxylic acids is 1. The van der Waals surface area contributed by atoms with E-state index >= 15 is 0 Å². The van der Waals surface area contributed by atoms with Crippen molar-refractivity contribution in [3.63, 3.8) is 0 Å². The molecule has 1 fully saturated rings. The third-order valence-corrected chi connectivity index (χ3v) is 3.72. The summed E-state index contributed by atoms with van der Waals surface area (Å²) in [5, 5.41) is 9.08. The molecule has 1 aliphatic heterocycles. The van der Waals surface area contributed by atoms with Crippen LogP contribution in [0.15, 0.2) is 18.2 Å². The predicted octanol–water partition coefficient (Wildman–Crippen LogP) is 2.08. The molecule has 4 nitrogen and oxygen atoms in total. The summed E-state index contributed by atoms with van der Waals surface area (Å²) in [6.45, 7) is 2.49. The second-order valence-corrected chi connectivity index (χ2v) is 5.59. The minimum Gasteiger partial charge on any atom is -0.481 e. The van der Waals surface area contributed by atoms with Crippen LogP contribution in [0.3, 0.4) is 0 Å². The molecule has 21 heavy (non-hydrogen) atoms. The Hall–Kier alpha value is -1.98. The number of piperidine rings is 1. The van der Waals surface area contributed by atoms with Crippen LogP contribution in [0.5, 0.6) is 0 Å². The molecular formula is C15H17F2NO3. The molecule has 0 bridgehead atoms. The van der Waals surface area contributed by atoms with E-state index in [-0.39, 0.29) is 30.4 Å². The summed E-state index contributed by atoms with van der Waals surface area (Å²) in [5.41, 5.74) is 0.117. The van der Waals surface area contributed by atoms with Crippen LogP contribution in [0.25, 0.3) is 0 Å². The third kappa shape index (κ3) is 3.77. The zero-order valence-corrected chi connectivity index (χ0v) is 11.7. The molecule has 1 heterocycles. The summed E-state index contributed by atoms with van der Waals surface area (Å²) in [4.78, 5) is 24.7. The van der Waals surface area contributed by atoms with Crippen molar-refractivity contribution in [2.75, 3.05) is 13.1 Å². The van der Waals surface area contributed by atoms with Gasteiger partial charge >= 0.3 is 5.97 Å². The molecule has 1 N–H and O–H groups in total. The Labute approximate surface area is 121 Å². The predicted molar refractivity (Wildman–Crippen MR) is 71.5 cm³/mol. The van der Waals surface area contributed by atoms with E-state index in [4.69, 9.17) is 5.11 Å². The lowest BCUT2D eigenvalue weighted by Gasteiger charge is -2.34. The zero-order valence-electron chi connectivity index (χ0n) is 11.7. The molecule has 114 valence electrons. The summed E-state index contributed by atoms with van der Waals surface area (Å²) >= 11 is 0. The van der Waals surface area contributed by atoms with Gasteiger partial charge in [0.25, 0.3) is 0 Å². The van der Waals surface area contributed by atoms with Crippen LogP contribution < -0.4 is 0 Å². The molecule has 1 aliphatic rings. The third-order valence-electron chi connectivity index (χ3n) is 3.72. The maximum atomic E-state index is 13.6. The minimum absolute atomic E-state index is 0.0851. The Morgan fingerprint density at radius 2 is 2.05 bits per heavy atom. The van der Waals surface area contributed by atoms with Gasteiger partial charge in [0.15, 0.2) is 0 Å². The largest absolute Gasteiger partial charge is 0.481 e. The highest BCUT2D eigenvalue weighted by Crippen LogP contribution is 2.23. The van der Waals surface area contributed by atoms with Gasteiger partial charge in [0.05, 0.1) is 12.3 Å². The average molecular weight is 297 g/mol. The molecule has 6 heteroatoms. The lowest BCUT2D eigenvalue weighted by Crippen LogP contribution is -2.46. The first-order valence-electron chi connectivity index (χ1n) is 6.81. The van der Waals surface area contributed by atoms with Crippen molar-refractivity contribution < 1.29 is 23.5 Å². The van der Waals surface area contributed by atoms with Gasteiger partial charge in [-0.05, 0) is 24.0 Å². The number of amides is 1. The number of hydrogen-bond donors (Lipinski definition) is 1. The maximum absolute atomic E-state index is 13.6. The molecule has 2 unspecified atom stereocenters. The summed E-state index contributed by atoms with van der Waals surface area (Å²) in [7, 11) is 0. The van der Waals surface area contributed by atoms with Crippen LogP contribution in [0, 0.1) is 23.5 Å². The van der Waals surface area contributed by atoms with E-state index in [0.29, 0.717) is 13.0 Å². The van der Waals surface area contributed by atoms with Crippen LogP contribution in [0.4, 0.5) is 8.78 Å². The van der Waals surface area contributed by atoms with Crippen LogP contribution in [0.2, 0.25) is 0 Å². The van der Waals surface area contributed by atoms with Gasteiger partial charge < -0.3 is 10.0 Å². The highest BCUT2D eigenvalue weighted by Gasteiger charge is 2.31. The second kappa shape index (κ2) is 6.20. The Morgan fingerprint density at radius 1 is 1.33 bits per heavy atom. The van der Waals surface area contributed by atoms with Crippen molar-refractivity contribution in [1.29, 1.82) is 0 Å². The number of halogens is 2. The fourth-order valence-electron chi connectivity index (χ4n) is 2.67. The lowest BCUT2D eigenvalue weighted by atomic mass is 9.90. The van der Waals surface area contributed by atoms with Gasteiger partial charge in [-0.15, -0.1) is 0 Å². The van der Waals surface area contributed by atoms with E-state index in [2.05, 4.69) is 0 Å². The molecule has 0 aliphatic carbocycles. The fraction of sp³-hybridized carbons (Fsp3) is 0.467. The summed E-state index contributed by atoms with van der Waals surface area (Å²) in [6, 6.07) is 3.08. The Kier molecular flexibility index (Phi) is 4.55. The van der Waals surface area contributed by atoms with E-state index in [0.717, 1.165) is 12.1 Å².